The molecule has 4 nitrogen and oxygen atoms in total. The van der Waals surface area contributed by atoms with E-state index in [0.717, 1.165) is 0 Å². The highest BCUT2D eigenvalue weighted by atomic mass is 19.4. The highest BCUT2D eigenvalue weighted by molar-refractivity contribution is 6.05. The molecule has 0 aromatic rings. The molecule has 0 radical (unpaired) electrons. The highest BCUT2D eigenvalue weighted by Gasteiger charge is 2.51. The SMILES string of the molecule is CCC1(CC)CC(=O)N(C[C@@H](O)C(F)(F)F)C1=O. The van der Waals surface area contributed by atoms with Crippen LogP contribution < -0.4 is 0 Å². The van der Waals surface area contributed by atoms with Crippen LogP contribution in [0.5, 0.6) is 0 Å². The van der Waals surface area contributed by atoms with Gasteiger partial charge in [-0.3, -0.25) is 14.5 Å². The third-order valence-electron chi connectivity index (χ3n) is 3.58. The van der Waals surface area contributed by atoms with Crippen LogP contribution in [0.2, 0.25) is 0 Å². The second kappa shape index (κ2) is 4.87. The van der Waals surface area contributed by atoms with E-state index in [1.54, 1.807) is 13.8 Å². The molecule has 1 N–H and O–H groups in total. The second-order valence-electron chi connectivity index (χ2n) is 4.53. The molecule has 1 atom stereocenters. The number of aliphatic hydroxyl groups excluding tert-OH is 1. The lowest BCUT2D eigenvalue weighted by Crippen LogP contribution is -2.45. The van der Waals surface area contributed by atoms with E-state index < -0.39 is 36.1 Å². The molecule has 1 rings (SSSR count). The first-order valence-electron chi connectivity index (χ1n) is 5.77. The normalized spacial score (nSPS) is 21.6. The summed E-state index contributed by atoms with van der Waals surface area (Å²) in [4.78, 5) is 24.1. The molecule has 1 aliphatic heterocycles. The van der Waals surface area contributed by atoms with Gasteiger partial charge < -0.3 is 5.11 Å². The Kier molecular flexibility index (Phi) is 4.05. The Morgan fingerprint density at radius 3 is 2.17 bits per heavy atom. The van der Waals surface area contributed by atoms with Crippen molar-refractivity contribution in [2.75, 3.05) is 6.54 Å². The van der Waals surface area contributed by atoms with Gasteiger partial charge in [0.2, 0.25) is 11.8 Å². The van der Waals surface area contributed by atoms with Crippen LogP contribution in [0.4, 0.5) is 13.2 Å². The van der Waals surface area contributed by atoms with Crippen LogP contribution in [-0.2, 0) is 9.59 Å². The summed E-state index contributed by atoms with van der Waals surface area (Å²) in [5.41, 5.74) is -0.900. The van der Waals surface area contributed by atoms with E-state index in [1.807, 2.05) is 0 Å². The van der Waals surface area contributed by atoms with E-state index in [9.17, 15) is 22.8 Å². The first-order chi connectivity index (χ1) is 8.18. The van der Waals surface area contributed by atoms with Crippen molar-refractivity contribution in [1.29, 1.82) is 0 Å². The lowest BCUT2D eigenvalue weighted by molar-refractivity contribution is -0.208. The summed E-state index contributed by atoms with van der Waals surface area (Å²) in [6.07, 6.45) is -6.80. The van der Waals surface area contributed by atoms with Gasteiger partial charge in [-0.2, -0.15) is 13.2 Å². The summed E-state index contributed by atoms with van der Waals surface area (Å²) in [5, 5.41) is 8.93. The summed E-state index contributed by atoms with van der Waals surface area (Å²) in [5.74, 6) is -1.26. The quantitative estimate of drug-likeness (QED) is 0.785. The molecule has 2 amide bonds. The second-order valence-corrected chi connectivity index (χ2v) is 4.53. The number of likely N-dealkylation sites (tertiary alicyclic amines) is 1. The van der Waals surface area contributed by atoms with Crippen molar-refractivity contribution in [3.8, 4) is 0 Å². The number of rotatable bonds is 4. The maximum absolute atomic E-state index is 12.2. The van der Waals surface area contributed by atoms with Gasteiger partial charge in [-0.1, -0.05) is 13.8 Å². The molecule has 1 fully saturated rings. The van der Waals surface area contributed by atoms with Gasteiger partial charge in [0.25, 0.3) is 0 Å². The molecular formula is C11H16F3NO3. The summed E-state index contributed by atoms with van der Waals surface area (Å²) < 4.78 is 36.6. The third-order valence-corrected chi connectivity index (χ3v) is 3.58. The summed E-state index contributed by atoms with van der Waals surface area (Å²) in [7, 11) is 0. The fourth-order valence-electron chi connectivity index (χ4n) is 2.12. The molecule has 1 saturated heterocycles. The monoisotopic (exact) mass is 267 g/mol. The van der Waals surface area contributed by atoms with Crippen LogP contribution in [0.25, 0.3) is 0 Å². The Labute approximate surface area is 103 Å². The predicted octanol–water partition coefficient (Wildman–Crippen LogP) is 1.47. The number of nitrogens with zero attached hydrogens (tertiary/aromatic N) is 1. The first-order valence-corrected chi connectivity index (χ1v) is 5.77. The highest BCUT2D eigenvalue weighted by Crippen LogP contribution is 2.39. The third kappa shape index (κ3) is 2.50. The average Bonchev–Trinajstić information content (AvgIpc) is 2.52. The van der Waals surface area contributed by atoms with E-state index in [0.29, 0.717) is 17.7 Å². The number of carbonyl (C=O) groups is 2. The Balaban J connectivity index is 2.86. The molecule has 104 valence electrons. The molecule has 7 heteroatoms. The number of aliphatic hydroxyl groups is 1. The van der Waals surface area contributed by atoms with Crippen LogP contribution >= 0.6 is 0 Å². The van der Waals surface area contributed by atoms with Crippen LogP contribution in [0.3, 0.4) is 0 Å². The number of hydrogen-bond acceptors (Lipinski definition) is 3. The minimum Gasteiger partial charge on any atom is -0.382 e. The fraction of sp³-hybridized carbons (Fsp3) is 0.818. The number of halogens is 3. The van der Waals surface area contributed by atoms with E-state index >= 15 is 0 Å². The summed E-state index contributed by atoms with van der Waals surface area (Å²) in [6, 6.07) is 0. The lowest BCUT2D eigenvalue weighted by atomic mass is 9.81. The van der Waals surface area contributed by atoms with Gasteiger partial charge in [0, 0.05) is 6.42 Å². The molecular weight excluding hydrogens is 251 g/mol. The maximum Gasteiger partial charge on any atom is 0.416 e. The first kappa shape index (κ1) is 14.9. The number of amides is 2. The number of β-amino-alcohol motifs (C(OH)–C–C–N with tert-alkyl or cyclic N) is 1. The largest absolute Gasteiger partial charge is 0.416 e. The molecule has 0 unspecified atom stereocenters. The van der Waals surface area contributed by atoms with Crippen LogP contribution in [0.15, 0.2) is 0 Å². The van der Waals surface area contributed by atoms with Crippen LogP contribution in [-0.4, -0.2) is 40.6 Å². The van der Waals surface area contributed by atoms with Gasteiger partial charge in [-0.05, 0) is 12.8 Å². The molecule has 0 saturated carbocycles. The van der Waals surface area contributed by atoms with E-state index in [-0.39, 0.29) is 6.42 Å². The molecule has 0 spiro atoms. The summed E-state index contributed by atoms with van der Waals surface area (Å²) in [6.45, 7) is 2.43. The van der Waals surface area contributed by atoms with E-state index in [2.05, 4.69) is 0 Å². The minimum absolute atomic E-state index is 0.0799. The number of alkyl halides is 3. The van der Waals surface area contributed by atoms with Crippen molar-refractivity contribution in [1.82, 2.24) is 4.90 Å². The maximum atomic E-state index is 12.2. The fourth-order valence-corrected chi connectivity index (χ4v) is 2.12. The average molecular weight is 267 g/mol. The van der Waals surface area contributed by atoms with Gasteiger partial charge in [-0.15, -0.1) is 0 Å². The van der Waals surface area contributed by atoms with Crippen LogP contribution in [0.1, 0.15) is 33.1 Å². The molecule has 0 bridgehead atoms. The van der Waals surface area contributed by atoms with Crippen molar-refractivity contribution in [2.24, 2.45) is 5.41 Å². The van der Waals surface area contributed by atoms with Gasteiger partial charge in [-0.25, -0.2) is 0 Å². The van der Waals surface area contributed by atoms with Gasteiger partial charge >= 0.3 is 6.18 Å². The number of hydrogen-bond donors (Lipinski definition) is 1. The zero-order valence-electron chi connectivity index (χ0n) is 10.3. The zero-order chi connectivity index (χ0) is 14.1. The van der Waals surface area contributed by atoms with Crippen molar-refractivity contribution >= 4 is 11.8 Å². The molecule has 0 aliphatic carbocycles. The molecule has 1 aliphatic rings. The Morgan fingerprint density at radius 1 is 1.33 bits per heavy atom. The molecule has 1 heterocycles. The van der Waals surface area contributed by atoms with Gasteiger partial charge in [0.1, 0.15) is 0 Å². The van der Waals surface area contributed by atoms with Crippen molar-refractivity contribution in [2.45, 2.75) is 45.4 Å². The van der Waals surface area contributed by atoms with Crippen molar-refractivity contribution in [3.63, 3.8) is 0 Å². The standard InChI is InChI=1S/C11H16F3NO3/c1-3-10(4-2)5-8(17)15(9(10)18)6-7(16)11(12,13)14/h7,16H,3-6H2,1-2H3/t7-/m1/s1. The van der Waals surface area contributed by atoms with Gasteiger partial charge in [0.05, 0.1) is 12.0 Å². The number of carbonyl (C=O) groups excluding carboxylic acids is 2. The smallest absolute Gasteiger partial charge is 0.382 e. The predicted molar refractivity (Wildman–Crippen MR) is 56.4 cm³/mol. The zero-order valence-corrected chi connectivity index (χ0v) is 10.3. The topological polar surface area (TPSA) is 57.6 Å². The van der Waals surface area contributed by atoms with Crippen molar-refractivity contribution in [3.05, 3.63) is 0 Å². The molecule has 0 aromatic carbocycles. The molecule has 0 aromatic heterocycles. The summed E-state index contributed by atoms with van der Waals surface area (Å²) >= 11 is 0. The Hall–Kier alpha value is -1.11. The Bertz CT molecular complexity index is 350. The van der Waals surface area contributed by atoms with Crippen molar-refractivity contribution < 1.29 is 27.9 Å². The lowest BCUT2D eigenvalue weighted by Gasteiger charge is -2.25. The van der Waals surface area contributed by atoms with Gasteiger partial charge in [0.15, 0.2) is 6.10 Å². The van der Waals surface area contributed by atoms with E-state index in [1.165, 1.54) is 0 Å². The minimum atomic E-state index is -4.83. The van der Waals surface area contributed by atoms with E-state index in [4.69, 9.17) is 5.11 Å². The number of imide groups is 1. The van der Waals surface area contributed by atoms with Crippen LogP contribution in [0, 0.1) is 5.41 Å². The Morgan fingerprint density at radius 2 is 1.83 bits per heavy atom. The molecule has 18 heavy (non-hydrogen) atoms.